The van der Waals surface area contributed by atoms with Crippen LogP contribution < -0.4 is 14.9 Å². The maximum absolute atomic E-state index is 13.7. The molecule has 3 aromatic rings. The number of aromatic hydroxyl groups is 2. The number of aliphatic hydroxyl groups is 8. The Morgan fingerprint density at radius 2 is 1.23 bits per heavy atom. The van der Waals surface area contributed by atoms with Gasteiger partial charge in [-0.15, -0.1) is 0 Å². The fourth-order valence-electron chi connectivity index (χ4n) is 4.82. The lowest BCUT2D eigenvalue weighted by Crippen LogP contribution is -2.60. The van der Waals surface area contributed by atoms with E-state index >= 15 is 0 Å². The predicted molar refractivity (Wildman–Crippen MR) is 140 cm³/mol. The average molecular weight is 611 g/mol. The van der Waals surface area contributed by atoms with Crippen molar-refractivity contribution in [1.29, 1.82) is 0 Å². The Hall–Kier alpha value is -3.55. The highest BCUT2D eigenvalue weighted by atomic mass is 16.7. The summed E-state index contributed by atoms with van der Waals surface area (Å²) in [7, 11) is 0. The molecule has 16 heteroatoms. The first-order valence-corrected chi connectivity index (χ1v) is 13.0. The lowest BCUT2D eigenvalue weighted by molar-refractivity contribution is -0.277. The molecular weight excluding hydrogens is 580 g/mol. The number of rotatable bonds is 7. The van der Waals surface area contributed by atoms with Gasteiger partial charge in [0.05, 0.1) is 13.2 Å². The Kier molecular flexibility index (Phi) is 8.77. The standard InChI is InChI=1S/C27H30O16/c28-7-14-17(32)20(35)22(37)26(41-14)39-11-5-12(31)16-13(6-11)40-24(9-1-3-10(30)4-2-9)25(19(16)34)43-27-23(38)21(36)18(33)15(8-29)42-27/h1-6,14-15,17-18,20-23,26-33,35-38H,7-8H2/t14-,15+,17-,18+,20+,21-,22-,23+,26-,27-/m0/s1. The van der Waals surface area contributed by atoms with E-state index in [1.54, 1.807) is 0 Å². The van der Waals surface area contributed by atoms with Gasteiger partial charge in [0, 0.05) is 17.7 Å². The van der Waals surface area contributed by atoms with Gasteiger partial charge in [-0.1, -0.05) is 0 Å². The minimum absolute atomic E-state index is 0.129. The summed E-state index contributed by atoms with van der Waals surface area (Å²) in [6, 6.07) is 7.35. The quantitative estimate of drug-likeness (QED) is 0.130. The molecule has 2 saturated heterocycles. The Morgan fingerprint density at radius 1 is 0.698 bits per heavy atom. The van der Waals surface area contributed by atoms with Crippen LogP contribution in [0.4, 0.5) is 0 Å². The third kappa shape index (κ3) is 5.73. The molecule has 2 aliphatic heterocycles. The average Bonchev–Trinajstić information content (AvgIpc) is 2.98. The van der Waals surface area contributed by atoms with E-state index < -0.39 is 96.9 Å². The number of phenolic OH excluding ortho intramolecular Hbond substituents is 2. The van der Waals surface area contributed by atoms with Crippen LogP contribution in [0.15, 0.2) is 45.6 Å². The monoisotopic (exact) mass is 610 g/mol. The topological polar surface area (TPSA) is 269 Å². The zero-order valence-corrected chi connectivity index (χ0v) is 22.1. The molecule has 234 valence electrons. The van der Waals surface area contributed by atoms with E-state index in [0.29, 0.717) is 0 Å². The van der Waals surface area contributed by atoms with Crippen molar-refractivity contribution in [1.82, 2.24) is 0 Å². The van der Waals surface area contributed by atoms with Crippen molar-refractivity contribution in [3.63, 3.8) is 0 Å². The number of phenols is 2. The smallest absolute Gasteiger partial charge is 0.239 e. The molecule has 0 bridgehead atoms. The first-order chi connectivity index (χ1) is 20.4. The minimum atomic E-state index is -1.89. The van der Waals surface area contributed by atoms with Crippen LogP contribution in [-0.4, -0.2) is 126 Å². The summed E-state index contributed by atoms with van der Waals surface area (Å²) in [4.78, 5) is 13.7. The van der Waals surface area contributed by atoms with Crippen LogP contribution in [0.3, 0.4) is 0 Å². The summed E-state index contributed by atoms with van der Waals surface area (Å²) in [6.07, 6.45) is -16.6. The van der Waals surface area contributed by atoms with Gasteiger partial charge in [0.25, 0.3) is 0 Å². The number of hydrogen-bond donors (Lipinski definition) is 10. The van der Waals surface area contributed by atoms with Gasteiger partial charge < -0.3 is 74.4 Å². The summed E-state index contributed by atoms with van der Waals surface area (Å²) < 4.78 is 27.8. The van der Waals surface area contributed by atoms with Crippen molar-refractivity contribution in [2.75, 3.05) is 13.2 Å². The molecule has 1 aromatic heterocycles. The predicted octanol–water partition coefficient (Wildman–Crippen LogP) is -2.77. The molecule has 3 heterocycles. The maximum Gasteiger partial charge on any atom is 0.239 e. The molecule has 2 aromatic carbocycles. The fourth-order valence-corrected chi connectivity index (χ4v) is 4.82. The van der Waals surface area contributed by atoms with Crippen LogP contribution in [-0.2, 0) is 9.47 Å². The molecule has 0 radical (unpaired) electrons. The van der Waals surface area contributed by atoms with E-state index in [9.17, 15) is 55.9 Å². The number of benzene rings is 2. The van der Waals surface area contributed by atoms with Crippen LogP contribution in [0.25, 0.3) is 22.3 Å². The summed E-state index contributed by atoms with van der Waals surface area (Å²) in [5.74, 6) is -1.96. The van der Waals surface area contributed by atoms with Gasteiger partial charge in [-0.25, -0.2) is 0 Å². The molecule has 2 aliphatic rings. The second kappa shape index (κ2) is 12.2. The first-order valence-electron chi connectivity index (χ1n) is 13.0. The molecule has 0 amide bonds. The lowest BCUT2D eigenvalue weighted by atomic mass is 9.99. The van der Waals surface area contributed by atoms with Gasteiger partial charge in [-0.3, -0.25) is 4.79 Å². The van der Waals surface area contributed by atoms with Crippen LogP contribution in [0.5, 0.6) is 23.0 Å². The van der Waals surface area contributed by atoms with E-state index in [2.05, 4.69) is 0 Å². The second-order valence-electron chi connectivity index (χ2n) is 10.1. The highest BCUT2D eigenvalue weighted by Gasteiger charge is 2.46. The molecular formula is C27H30O16. The zero-order valence-electron chi connectivity index (χ0n) is 22.1. The van der Waals surface area contributed by atoms with Gasteiger partial charge in [0.1, 0.15) is 77.0 Å². The molecule has 0 saturated carbocycles. The Labute approximate surface area is 241 Å². The van der Waals surface area contributed by atoms with Crippen molar-refractivity contribution in [3.8, 4) is 34.3 Å². The molecule has 0 unspecified atom stereocenters. The third-order valence-electron chi connectivity index (χ3n) is 7.22. The van der Waals surface area contributed by atoms with Gasteiger partial charge in [-0.05, 0) is 24.3 Å². The second-order valence-corrected chi connectivity index (χ2v) is 10.1. The zero-order chi connectivity index (χ0) is 31.2. The minimum Gasteiger partial charge on any atom is -0.508 e. The summed E-state index contributed by atoms with van der Waals surface area (Å²) in [5, 5.41) is 100. The third-order valence-corrected chi connectivity index (χ3v) is 7.22. The molecule has 0 spiro atoms. The summed E-state index contributed by atoms with van der Waals surface area (Å²) in [5.41, 5.74) is -1.11. The van der Waals surface area contributed by atoms with E-state index in [1.807, 2.05) is 0 Å². The molecule has 10 atom stereocenters. The summed E-state index contributed by atoms with van der Waals surface area (Å²) >= 11 is 0. The summed E-state index contributed by atoms with van der Waals surface area (Å²) in [6.45, 7) is -1.48. The molecule has 5 rings (SSSR count). The van der Waals surface area contributed by atoms with Gasteiger partial charge in [-0.2, -0.15) is 0 Å². The Morgan fingerprint density at radius 3 is 1.77 bits per heavy atom. The van der Waals surface area contributed by atoms with Gasteiger partial charge >= 0.3 is 0 Å². The Balaban J connectivity index is 1.58. The number of aliphatic hydroxyl groups excluding tert-OH is 8. The van der Waals surface area contributed by atoms with E-state index in [4.69, 9.17) is 23.4 Å². The van der Waals surface area contributed by atoms with Gasteiger partial charge in [0.15, 0.2) is 5.76 Å². The largest absolute Gasteiger partial charge is 0.508 e. The van der Waals surface area contributed by atoms with Crippen molar-refractivity contribution in [3.05, 3.63) is 46.6 Å². The van der Waals surface area contributed by atoms with Crippen molar-refractivity contribution >= 4 is 11.0 Å². The van der Waals surface area contributed by atoms with Gasteiger partial charge in [0.2, 0.25) is 23.8 Å². The van der Waals surface area contributed by atoms with E-state index in [-0.39, 0.29) is 28.4 Å². The van der Waals surface area contributed by atoms with Crippen LogP contribution in [0.2, 0.25) is 0 Å². The highest BCUT2D eigenvalue weighted by molar-refractivity contribution is 5.88. The Bertz CT molecular complexity index is 1490. The molecule has 10 N–H and O–H groups in total. The number of hydrogen-bond acceptors (Lipinski definition) is 16. The molecule has 43 heavy (non-hydrogen) atoms. The molecule has 16 nitrogen and oxygen atoms in total. The van der Waals surface area contributed by atoms with E-state index in [1.165, 1.54) is 24.3 Å². The molecule has 2 fully saturated rings. The van der Waals surface area contributed by atoms with Crippen molar-refractivity contribution in [2.24, 2.45) is 0 Å². The number of fused-ring (bicyclic) bond motifs is 1. The van der Waals surface area contributed by atoms with Crippen molar-refractivity contribution < 1.29 is 74.4 Å². The fraction of sp³-hybridized carbons (Fsp3) is 0.444. The number of ether oxygens (including phenoxy) is 4. The normalized spacial score (nSPS) is 32.9. The van der Waals surface area contributed by atoms with E-state index in [0.717, 1.165) is 12.1 Å². The first kappa shape index (κ1) is 30.9. The van der Waals surface area contributed by atoms with Crippen LogP contribution >= 0.6 is 0 Å². The molecule has 0 aliphatic carbocycles. The van der Waals surface area contributed by atoms with Crippen LogP contribution in [0.1, 0.15) is 0 Å². The maximum atomic E-state index is 13.7. The SMILES string of the molecule is O=c1c(O[C@@H]2O[C@H](CO)[C@@H](O)[C@H](O)[C@H]2O)c(-c2ccc(O)cc2)oc2cc(O[C@H]3O[C@@H](CO)[C@H](O)[C@@H](O)[C@@H]3O)cc(O)c12. The van der Waals surface area contributed by atoms with Crippen LogP contribution in [0, 0.1) is 0 Å². The lowest BCUT2D eigenvalue weighted by Gasteiger charge is -2.39. The van der Waals surface area contributed by atoms with Crippen molar-refractivity contribution in [2.45, 2.75) is 61.4 Å². The highest BCUT2D eigenvalue weighted by Crippen LogP contribution is 2.38.